The van der Waals surface area contributed by atoms with E-state index in [9.17, 15) is 14.7 Å². The molecular weight excluding hydrogens is 512 g/mol. The molecule has 4 saturated heterocycles. The van der Waals surface area contributed by atoms with Crippen LogP contribution >= 0.6 is 0 Å². The number of carbonyl (C=O) groups excluding carboxylic acids is 2. The quantitative estimate of drug-likeness (QED) is 0.417. The Kier molecular flexibility index (Phi) is 8.23. The summed E-state index contributed by atoms with van der Waals surface area (Å²) in [6.45, 7) is 2.61. The third-order valence-electron chi connectivity index (χ3n) is 9.19. The van der Waals surface area contributed by atoms with E-state index in [0.29, 0.717) is 25.4 Å². The Labute approximate surface area is 243 Å². The molecule has 3 aromatic carbocycles. The van der Waals surface area contributed by atoms with Crippen molar-refractivity contribution in [1.82, 2.24) is 14.7 Å². The Morgan fingerprint density at radius 1 is 0.756 bits per heavy atom. The first-order valence-corrected chi connectivity index (χ1v) is 15.1. The van der Waals surface area contributed by atoms with Crippen molar-refractivity contribution >= 4 is 23.4 Å². The first-order valence-electron chi connectivity index (χ1n) is 15.1. The number of aliphatic hydroxyl groups is 1. The fourth-order valence-corrected chi connectivity index (χ4v) is 7.14. The van der Waals surface area contributed by atoms with Crippen LogP contribution in [-0.4, -0.2) is 76.7 Å². The number of likely N-dealkylation sites (tertiary alicyclic amines) is 1. The van der Waals surface area contributed by atoms with Crippen LogP contribution in [0.4, 0.5) is 21.0 Å². The maximum atomic E-state index is 14.5. The third kappa shape index (κ3) is 5.68. The van der Waals surface area contributed by atoms with Gasteiger partial charge >= 0.3 is 12.1 Å². The molecule has 0 aromatic heterocycles. The Hall–Kier alpha value is -3.84. The molecule has 3 aromatic rings. The zero-order chi connectivity index (χ0) is 28.2. The van der Waals surface area contributed by atoms with Gasteiger partial charge in [-0.3, -0.25) is 4.90 Å². The minimum Gasteiger partial charge on any atom is -0.396 e. The van der Waals surface area contributed by atoms with E-state index in [2.05, 4.69) is 29.2 Å². The summed E-state index contributed by atoms with van der Waals surface area (Å²) >= 11 is 0. The number of amides is 4. The highest BCUT2D eigenvalue weighted by Crippen LogP contribution is 2.38. The number of urea groups is 2. The van der Waals surface area contributed by atoms with Gasteiger partial charge in [0.15, 0.2) is 0 Å². The summed E-state index contributed by atoms with van der Waals surface area (Å²) in [7, 11) is 0. The molecule has 41 heavy (non-hydrogen) atoms. The van der Waals surface area contributed by atoms with Gasteiger partial charge in [-0.25, -0.2) is 9.59 Å². The van der Waals surface area contributed by atoms with E-state index in [1.165, 1.54) is 5.56 Å². The molecule has 1 N–H and O–H groups in total. The second kappa shape index (κ2) is 12.4. The van der Waals surface area contributed by atoms with Crippen molar-refractivity contribution in [3.8, 4) is 0 Å². The fraction of sp³-hybridized carbons (Fsp3) is 0.412. The Morgan fingerprint density at radius 3 is 2.02 bits per heavy atom. The third-order valence-corrected chi connectivity index (χ3v) is 9.19. The highest BCUT2D eigenvalue weighted by molar-refractivity contribution is 5.99. The van der Waals surface area contributed by atoms with Gasteiger partial charge < -0.3 is 19.8 Å². The predicted octanol–water partition coefficient (Wildman–Crippen LogP) is 6.09. The molecule has 2 bridgehead atoms. The second-order valence-electron chi connectivity index (χ2n) is 11.6. The summed E-state index contributed by atoms with van der Waals surface area (Å²) in [4.78, 5) is 36.4. The first kappa shape index (κ1) is 27.3. The standard InChI is InChI=1S/C34H40N4O3/c39-22-20-32-28-18-19-31(36(24-28)33(40)35-21-10-13-27(23-35)26-11-4-1-5-12-26)25-37(32)34(41)38(29-14-6-2-7-15-29)30-16-8-3-9-17-30/h1-9,11-12,14-17,27-28,31-32,39H,10,13,18-25H2/t27?,28?,31?,32-/m1/s1. The lowest BCUT2D eigenvalue weighted by Crippen LogP contribution is -2.54. The van der Waals surface area contributed by atoms with Crippen molar-refractivity contribution in [3.63, 3.8) is 0 Å². The van der Waals surface area contributed by atoms with Crippen molar-refractivity contribution in [2.45, 2.75) is 50.1 Å². The Morgan fingerprint density at radius 2 is 1.39 bits per heavy atom. The maximum Gasteiger partial charge on any atom is 0.329 e. The zero-order valence-electron chi connectivity index (χ0n) is 23.6. The molecule has 0 aliphatic carbocycles. The summed E-state index contributed by atoms with van der Waals surface area (Å²) in [5.41, 5.74) is 2.90. The summed E-state index contributed by atoms with van der Waals surface area (Å²) in [5, 5.41) is 10.1. The highest BCUT2D eigenvalue weighted by atomic mass is 16.3. The molecule has 7 rings (SSSR count). The van der Waals surface area contributed by atoms with E-state index < -0.39 is 0 Å². The van der Waals surface area contributed by atoms with Gasteiger partial charge in [-0.15, -0.1) is 0 Å². The lowest BCUT2D eigenvalue weighted by molar-refractivity contribution is 0.0947. The molecule has 4 fully saturated rings. The monoisotopic (exact) mass is 552 g/mol. The Balaban J connectivity index is 1.26. The van der Waals surface area contributed by atoms with E-state index in [1.54, 1.807) is 4.90 Å². The van der Waals surface area contributed by atoms with Crippen LogP contribution in [0.3, 0.4) is 0 Å². The molecule has 4 atom stereocenters. The molecule has 0 saturated carbocycles. The van der Waals surface area contributed by atoms with Crippen molar-refractivity contribution in [3.05, 3.63) is 96.6 Å². The molecule has 0 spiro atoms. The molecule has 4 amide bonds. The van der Waals surface area contributed by atoms with Crippen LogP contribution in [0.25, 0.3) is 0 Å². The van der Waals surface area contributed by atoms with Gasteiger partial charge in [0, 0.05) is 44.7 Å². The number of benzene rings is 3. The lowest BCUT2D eigenvalue weighted by Gasteiger charge is -2.42. The molecule has 7 heteroatoms. The van der Waals surface area contributed by atoms with E-state index in [1.807, 2.05) is 76.5 Å². The van der Waals surface area contributed by atoms with Gasteiger partial charge in [0.2, 0.25) is 0 Å². The van der Waals surface area contributed by atoms with Crippen LogP contribution in [0.1, 0.15) is 43.6 Å². The summed E-state index contributed by atoms with van der Waals surface area (Å²) in [6.07, 6.45) is 4.41. The minimum atomic E-state index is -0.136. The molecule has 0 radical (unpaired) electrons. The van der Waals surface area contributed by atoms with Crippen molar-refractivity contribution in [1.29, 1.82) is 0 Å². The van der Waals surface area contributed by atoms with Crippen LogP contribution in [0, 0.1) is 5.92 Å². The molecule has 3 unspecified atom stereocenters. The number of hydrogen-bond donors (Lipinski definition) is 1. The van der Waals surface area contributed by atoms with Crippen LogP contribution in [0.15, 0.2) is 91.0 Å². The Bertz CT molecular complexity index is 1270. The smallest absolute Gasteiger partial charge is 0.329 e. The molecule has 7 nitrogen and oxygen atoms in total. The molecule has 214 valence electrons. The largest absolute Gasteiger partial charge is 0.396 e. The summed E-state index contributed by atoms with van der Waals surface area (Å²) < 4.78 is 0. The second-order valence-corrected chi connectivity index (χ2v) is 11.6. The lowest BCUT2D eigenvalue weighted by atomic mass is 9.88. The van der Waals surface area contributed by atoms with E-state index in [0.717, 1.165) is 50.1 Å². The highest BCUT2D eigenvalue weighted by Gasteiger charge is 2.46. The van der Waals surface area contributed by atoms with Crippen LogP contribution < -0.4 is 4.90 Å². The van der Waals surface area contributed by atoms with Crippen LogP contribution in [-0.2, 0) is 0 Å². The number of anilines is 2. The number of piperidine rings is 2. The number of fused-ring (bicyclic) bond motifs is 4. The number of hydrogen-bond acceptors (Lipinski definition) is 3. The molecule has 4 aliphatic heterocycles. The fourth-order valence-electron chi connectivity index (χ4n) is 7.14. The van der Waals surface area contributed by atoms with Crippen LogP contribution in [0.2, 0.25) is 0 Å². The van der Waals surface area contributed by atoms with E-state index in [-0.39, 0.29) is 36.7 Å². The number of nitrogens with zero attached hydrogens (tertiary/aromatic N) is 4. The number of para-hydroxylation sites is 2. The van der Waals surface area contributed by atoms with Gasteiger partial charge in [-0.05, 0) is 67.9 Å². The van der Waals surface area contributed by atoms with Gasteiger partial charge in [-0.2, -0.15) is 0 Å². The zero-order valence-corrected chi connectivity index (χ0v) is 23.6. The van der Waals surface area contributed by atoms with E-state index >= 15 is 0 Å². The average Bonchev–Trinajstić information content (AvgIpc) is 3.30. The van der Waals surface area contributed by atoms with Crippen LogP contribution in [0.5, 0.6) is 0 Å². The molecule has 4 heterocycles. The van der Waals surface area contributed by atoms with Gasteiger partial charge in [-0.1, -0.05) is 66.7 Å². The number of carbonyl (C=O) groups is 2. The SMILES string of the molecule is O=C(N1CCCC(c2ccccc2)C1)N1CC2CCC1CN(C(=O)N(c1ccccc1)c1ccccc1)[C@@H]2CCO. The van der Waals surface area contributed by atoms with Crippen molar-refractivity contribution in [2.24, 2.45) is 5.92 Å². The van der Waals surface area contributed by atoms with E-state index in [4.69, 9.17) is 0 Å². The predicted molar refractivity (Wildman–Crippen MR) is 161 cm³/mol. The van der Waals surface area contributed by atoms with Crippen molar-refractivity contribution in [2.75, 3.05) is 37.7 Å². The summed E-state index contributed by atoms with van der Waals surface area (Å²) in [5.74, 6) is 0.473. The minimum absolute atomic E-state index is 0.00507. The van der Waals surface area contributed by atoms with Crippen molar-refractivity contribution < 1.29 is 14.7 Å². The van der Waals surface area contributed by atoms with Gasteiger partial charge in [0.05, 0.1) is 17.4 Å². The maximum absolute atomic E-state index is 14.5. The topological polar surface area (TPSA) is 67.3 Å². The van der Waals surface area contributed by atoms with Gasteiger partial charge in [0.1, 0.15) is 0 Å². The van der Waals surface area contributed by atoms with Gasteiger partial charge in [0.25, 0.3) is 0 Å². The summed E-state index contributed by atoms with van der Waals surface area (Å²) in [6, 6.07) is 29.8. The first-order chi connectivity index (χ1) is 20.1. The number of aliphatic hydroxyl groups excluding tert-OH is 1. The molecular formula is C34H40N4O3. The normalized spacial score (nSPS) is 24.2. The number of rotatable bonds is 5. The average molecular weight is 553 g/mol. The molecule has 4 aliphatic rings.